The molecule has 5 nitrogen and oxygen atoms in total. The van der Waals surface area contributed by atoms with Gasteiger partial charge in [0.15, 0.2) is 0 Å². The average molecular weight is 348 g/mol. The molecule has 0 saturated carbocycles. The van der Waals surface area contributed by atoms with Gasteiger partial charge < -0.3 is 10.1 Å². The summed E-state index contributed by atoms with van der Waals surface area (Å²) in [5.74, 6) is 0.0340. The Morgan fingerprint density at radius 1 is 1.38 bits per heavy atom. The van der Waals surface area contributed by atoms with Crippen molar-refractivity contribution >= 4 is 32.7 Å². The van der Waals surface area contributed by atoms with Crippen molar-refractivity contribution in [3.05, 3.63) is 40.5 Å². The van der Waals surface area contributed by atoms with Crippen LogP contribution in [0.25, 0.3) is 10.9 Å². The molecule has 0 radical (unpaired) electrons. The van der Waals surface area contributed by atoms with Gasteiger partial charge >= 0.3 is 0 Å². The van der Waals surface area contributed by atoms with E-state index in [1.165, 1.54) is 0 Å². The quantitative estimate of drug-likeness (QED) is 0.854. The van der Waals surface area contributed by atoms with Crippen LogP contribution in [0.3, 0.4) is 0 Å². The van der Waals surface area contributed by atoms with Crippen molar-refractivity contribution in [2.24, 2.45) is 0 Å². The minimum absolute atomic E-state index is 0.0340. The summed E-state index contributed by atoms with van der Waals surface area (Å²) in [5.41, 5.74) is 1.95. The Balaban J connectivity index is 1.83. The van der Waals surface area contributed by atoms with Crippen LogP contribution in [0.1, 0.15) is 11.7 Å². The van der Waals surface area contributed by atoms with Gasteiger partial charge in [-0.2, -0.15) is 0 Å². The van der Waals surface area contributed by atoms with Gasteiger partial charge in [-0.05, 0) is 12.1 Å². The van der Waals surface area contributed by atoms with Crippen molar-refractivity contribution < 1.29 is 9.53 Å². The lowest BCUT2D eigenvalue weighted by Gasteiger charge is -2.31. The Morgan fingerprint density at radius 2 is 2.29 bits per heavy atom. The molecule has 1 aromatic heterocycles. The molecule has 0 aliphatic carbocycles. The van der Waals surface area contributed by atoms with Gasteiger partial charge in [-0.3, -0.25) is 14.7 Å². The highest BCUT2D eigenvalue weighted by molar-refractivity contribution is 9.10. The topological polar surface area (TPSA) is 54.5 Å². The number of carbonyl (C=O) groups is 1. The first-order chi connectivity index (χ1) is 10.3. The van der Waals surface area contributed by atoms with Gasteiger partial charge in [0.2, 0.25) is 5.91 Å². The largest absolute Gasteiger partial charge is 0.378 e. The van der Waals surface area contributed by atoms with Crippen molar-refractivity contribution in [3.63, 3.8) is 0 Å². The zero-order chi connectivity index (χ0) is 14.4. The summed E-state index contributed by atoms with van der Waals surface area (Å²) < 4.78 is 6.43. The molecule has 2 aliphatic heterocycles. The molecule has 2 saturated heterocycles. The fourth-order valence-corrected chi connectivity index (χ4v) is 3.55. The Labute approximate surface area is 130 Å². The molecule has 3 heterocycles. The first-order valence-electron chi connectivity index (χ1n) is 6.93. The highest BCUT2D eigenvalue weighted by atomic mass is 79.9. The third-order valence-electron chi connectivity index (χ3n) is 4.13. The van der Waals surface area contributed by atoms with Crippen LogP contribution in [0.4, 0.5) is 0 Å². The molecule has 2 atom stereocenters. The number of pyridine rings is 1. The zero-order valence-corrected chi connectivity index (χ0v) is 12.8. The number of carbonyl (C=O) groups excluding carboxylic acids is 1. The fraction of sp³-hybridized carbons (Fsp3) is 0.333. The average Bonchev–Trinajstić information content (AvgIpc) is 2.86. The Morgan fingerprint density at radius 3 is 3.19 bits per heavy atom. The van der Waals surface area contributed by atoms with Gasteiger partial charge in [0.1, 0.15) is 12.2 Å². The van der Waals surface area contributed by atoms with Gasteiger partial charge in [0, 0.05) is 28.2 Å². The molecule has 6 heteroatoms. The predicted molar refractivity (Wildman–Crippen MR) is 81.6 cm³/mol. The normalized spacial score (nSPS) is 25.9. The Bertz CT molecular complexity index is 721. The number of nitrogens with one attached hydrogen (secondary N) is 1. The van der Waals surface area contributed by atoms with Crippen LogP contribution >= 0.6 is 15.9 Å². The molecular weight excluding hydrogens is 334 g/mol. The van der Waals surface area contributed by atoms with Gasteiger partial charge in [-0.1, -0.05) is 28.1 Å². The molecular formula is C15H14BrN3O2. The van der Waals surface area contributed by atoms with Crippen LogP contribution in [-0.2, 0) is 9.53 Å². The molecule has 0 spiro atoms. The van der Waals surface area contributed by atoms with E-state index in [1.54, 1.807) is 6.20 Å². The van der Waals surface area contributed by atoms with Gasteiger partial charge in [0.05, 0.1) is 18.7 Å². The first kappa shape index (κ1) is 13.2. The van der Waals surface area contributed by atoms with E-state index in [4.69, 9.17) is 4.74 Å². The smallest absolute Gasteiger partial charge is 0.241 e. The second-order valence-electron chi connectivity index (χ2n) is 5.28. The molecule has 1 aromatic carbocycles. The summed E-state index contributed by atoms with van der Waals surface area (Å²) in [5, 5.41) is 4.13. The molecule has 4 rings (SSSR count). The molecule has 1 N–H and O–H groups in total. The van der Waals surface area contributed by atoms with Crippen molar-refractivity contribution in [1.29, 1.82) is 0 Å². The standard InChI is InChI=1S/C15H14BrN3O2/c16-11-4-3-10(13-9(11)2-1-5-17-13)14-18-15(20)12-8-21-7-6-19(12)14/h1-5,12,14H,6-8H2,(H,18,20). The molecule has 2 unspecified atom stereocenters. The van der Waals surface area contributed by atoms with E-state index in [9.17, 15) is 4.79 Å². The summed E-state index contributed by atoms with van der Waals surface area (Å²) in [6.07, 6.45) is 1.66. The van der Waals surface area contributed by atoms with Crippen LogP contribution in [-0.4, -0.2) is 41.6 Å². The second-order valence-corrected chi connectivity index (χ2v) is 6.13. The van der Waals surface area contributed by atoms with Crippen molar-refractivity contribution in [1.82, 2.24) is 15.2 Å². The number of benzene rings is 1. The van der Waals surface area contributed by atoms with E-state index in [-0.39, 0.29) is 18.1 Å². The molecule has 21 heavy (non-hydrogen) atoms. The third kappa shape index (κ3) is 2.06. The summed E-state index contributed by atoms with van der Waals surface area (Å²) >= 11 is 3.56. The highest BCUT2D eigenvalue weighted by Crippen LogP contribution is 2.34. The third-order valence-corrected chi connectivity index (χ3v) is 4.82. The fourth-order valence-electron chi connectivity index (χ4n) is 3.10. The lowest BCUT2D eigenvalue weighted by molar-refractivity contribution is -0.125. The van der Waals surface area contributed by atoms with Crippen LogP contribution in [0.15, 0.2) is 34.9 Å². The number of ether oxygens (including phenoxy) is 1. The summed E-state index contributed by atoms with van der Waals surface area (Å²) in [6.45, 7) is 1.87. The zero-order valence-electron chi connectivity index (χ0n) is 11.3. The molecule has 2 aliphatic rings. The monoisotopic (exact) mass is 347 g/mol. The SMILES string of the molecule is O=C1NC(c2ccc(Br)c3cccnc23)N2CCOCC12. The van der Waals surface area contributed by atoms with Crippen LogP contribution in [0.5, 0.6) is 0 Å². The maximum Gasteiger partial charge on any atom is 0.241 e. The summed E-state index contributed by atoms with van der Waals surface area (Å²) in [6, 6.07) is 7.80. The van der Waals surface area contributed by atoms with Crippen molar-refractivity contribution in [2.45, 2.75) is 12.2 Å². The second kappa shape index (κ2) is 5.05. The summed E-state index contributed by atoms with van der Waals surface area (Å²) in [7, 11) is 0. The first-order valence-corrected chi connectivity index (χ1v) is 7.72. The van der Waals surface area contributed by atoms with Gasteiger partial charge in [0.25, 0.3) is 0 Å². The molecule has 2 fully saturated rings. The number of fused-ring (bicyclic) bond motifs is 2. The number of nitrogens with zero attached hydrogens (tertiary/aromatic N) is 2. The minimum Gasteiger partial charge on any atom is -0.378 e. The van der Waals surface area contributed by atoms with E-state index in [2.05, 4.69) is 31.1 Å². The lowest BCUT2D eigenvalue weighted by Crippen LogP contribution is -2.44. The Kier molecular flexibility index (Phi) is 3.17. The number of amides is 1. The van der Waals surface area contributed by atoms with Crippen molar-refractivity contribution in [3.8, 4) is 0 Å². The van der Waals surface area contributed by atoms with E-state index >= 15 is 0 Å². The minimum atomic E-state index is -0.189. The molecule has 108 valence electrons. The predicted octanol–water partition coefficient (Wildman–Crippen LogP) is 1.83. The number of hydrogen-bond donors (Lipinski definition) is 1. The maximum atomic E-state index is 12.1. The Hall–Kier alpha value is -1.50. The lowest BCUT2D eigenvalue weighted by atomic mass is 10.1. The number of aromatic nitrogens is 1. The molecule has 1 amide bonds. The van der Waals surface area contributed by atoms with E-state index in [0.29, 0.717) is 13.2 Å². The molecule has 0 bridgehead atoms. The van der Waals surface area contributed by atoms with E-state index < -0.39 is 0 Å². The van der Waals surface area contributed by atoms with Crippen LogP contribution < -0.4 is 5.32 Å². The van der Waals surface area contributed by atoms with Gasteiger partial charge in [-0.25, -0.2) is 0 Å². The molecule has 2 aromatic rings. The number of rotatable bonds is 1. The maximum absolute atomic E-state index is 12.1. The number of hydrogen-bond acceptors (Lipinski definition) is 4. The van der Waals surface area contributed by atoms with Crippen LogP contribution in [0, 0.1) is 0 Å². The van der Waals surface area contributed by atoms with E-state index in [0.717, 1.165) is 27.5 Å². The van der Waals surface area contributed by atoms with E-state index in [1.807, 2.05) is 24.3 Å². The number of morpholine rings is 1. The van der Waals surface area contributed by atoms with Gasteiger partial charge in [-0.15, -0.1) is 0 Å². The summed E-state index contributed by atoms with van der Waals surface area (Å²) in [4.78, 5) is 18.8. The highest BCUT2D eigenvalue weighted by Gasteiger charge is 2.42. The van der Waals surface area contributed by atoms with Crippen LogP contribution in [0.2, 0.25) is 0 Å². The number of halogens is 1. The van der Waals surface area contributed by atoms with Crippen molar-refractivity contribution in [2.75, 3.05) is 19.8 Å².